The molecule has 1 aliphatic carbocycles. The molecular formula is C28H28F4O3S. The van der Waals surface area contributed by atoms with Gasteiger partial charge in [-0.2, -0.15) is 21.6 Å². The molecule has 0 amide bonds. The molecule has 3 nitrogen and oxygen atoms in total. The Labute approximate surface area is 209 Å². The van der Waals surface area contributed by atoms with E-state index < -0.39 is 33.8 Å². The average Bonchev–Trinajstić information content (AvgIpc) is 2.83. The van der Waals surface area contributed by atoms with Crippen molar-refractivity contribution in [3.8, 4) is 11.1 Å². The van der Waals surface area contributed by atoms with Crippen molar-refractivity contribution >= 4 is 10.1 Å². The Morgan fingerprint density at radius 1 is 0.861 bits per heavy atom. The summed E-state index contributed by atoms with van der Waals surface area (Å²) in [5.41, 5.74) is 1.83. The van der Waals surface area contributed by atoms with E-state index in [1.165, 1.54) is 6.07 Å². The molecular weight excluding hydrogens is 492 g/mol. The molecule has 0 N–H and O–H groups in total. The highest BCUT2D eigenvalue weighted by Gasteiger charge is 2.34. The third-order valence-electron chi connectivity index (χ3n) is 7.01. The average molecular weight is 521 g/mol. The Balaban J connectivity index is 1.36. The minimum Gasteiger partial charge on any atom is -0.263 e. The van der Waals surface area contributed by atoms with Crippen molar-refractivity contribution < 1.29 is 30.2 Å². The molecule has 0 aromatic heterocycles. The molecule has 0 aliphatic heterocycles. The van der Waals surface area contributed by atoms with Crippen LogP contribution >= 0.6 is 0 Å². The summed E-state index contributed by atoms with van der Waals surface area (Å²) in [6, 6.07) is 17.0. The second-order valence-electron chi connectivity index (χ2n) is 9.49. The maximum atomic E-state index is 14.0. The molecule has 0 heterocycles. The van der Waals surface area contributed by atoms with E-state index >= 15 is 0 Å². The molecule has 3 aromatic carbocycles. The van der Waals surface area contributed by atoms with Gasteiger partial charge in [0.05, 0.1) is 16.6 Å². The fourth-order valence-corrected chi connectivity index (χ4v) is 5.97. The highest BCUT2D eigenvalue weighted by atomic mass is 32.2. The Bertz CT molecular complexity index is 1290. The summed E-state index contributed by atoms with van der Waals surface area (Å²) in [7, 11) is -3.83. The zero-order valence-electron chi connectivity index (χ0n) is 20.1. The van der Waals surface area contributed by atoms with E-state index in [9.17, 15) is 26.0 Å². The van der Waals surface area contributed by atoms with Gasteiger partial charge in [-0.3, -0.25) is 4.18 Å². The lowest BCUT2D eigenvalue weighted by Gasteiger charge is -2.32. The van der Waals surface area contributed by atoms with E-state index in [0.717, 1.165) is 48.9 Å². The van der Waals surface area contributed by atoms with E-state index in [2.05, 4.69) is 0 Å². The first-order valence-electron chi connectivity index (χ1n) is 11.9. The molecule has 1 unspecified atom stereocenters. The van der Waals surface area contributed by atoms with Gasteiger partial charge < -0.3 is 0 Å². The van der Waals surface area contributed by atoms with E-state index in [1.54, 1.807) is 43.3 Å². The summed E-state index contributed by atoms with van der Waals surface area (Å²) in [6.07, 6.45) is -1.77. The lowest BCUT2D eigenvalue weighted by molar-refractivity contribution is -0.139. The van der Waals surface area contributed by atoms with Crippen molar-refractivity contribution in [3.63, 3.8) is 0 Å². The van der Waals surface area contributed by atoms with Crippen LogP contribution in [0.15, 0.2) is 71.6 Å². The molecule has 8 heteroatoms. The van der Waals surface area contributed by atoms with Gasteiger partial charge in [-0.25, -0.2) is 4.39 Å². The highest BCUT2D eigenvalue weighted by Crippen LogP contribution is 2.39. The molecule has 0 radical (unpaired) electrons. The van der Waals surface area contributed by atoms with Crippen molar-refractivity contribution in [2.45, 2.75) is 62.6 Å². The Kier molecular flexibility index (Phi) is 7.57. The Morgan fingerprint density at radius 3 is 2.00 bits per heavy atom. The molecule has 0 spiro atoms. The van der Waals surface area contributed by atoms with Crippen LogP contribution in [0, 0.1) is 18.7 Å². The molecule has 1 aliphatic rings. The predicted octanol–water partition coefficient (Wildman–Crippen LogP) is 7.89. The molecule has 1 fully saturated rings. The van der Waals surface area contributed by atoms with E-state index in [4.69, 9.17) is 4.18 Å². The molecule has 0 bridgehead atoms. The van der Waals surface area contributed by atoms with Crippen LogP contribution in [-0.4, -0.2) is 14.5 Å². The smallest absolute Gasteiger partial charge is 0.263 e. The van der Waals surface area contributed by atoms with Gasteiger partial charge in [-0.05, 0) is 92.3 Å². The molecule has 1 saturated carbocycles. The molecule has 0 saturated heterocycles. The first kappa shape index (κ1) is 26.4. The number of benzene rings is 3. The summed E-state index contributed by atoms with van der Waals surface area (Å²) in [5, 5.41) is 0. The lowest BCUT2D eigenvalue weighted by atomic mass is 9.77. The zero-order chi connectivity index (χ0) is 26.1. The van der Waals surface area contributed by atoms with Gasteiger partial charge in [0.15, 0.2) is 0 Å². The van der Waals surface area contributed by atoms with Crippen molar-refractivity contribution in [1.29, 1.82) is 0 Å². The number of halogens is 4. The molecule has 4 rings (SSSR count). The number of alkyl halides is 3. The van der Waals surface area contributed by atoms with E-state index in [0.29, 0.717) is 17.0 Å². The minimum atomic E-state index is -4.72. The Morgan fingerprint density at radius 2 is 1.44 bits per heavy atom. The van der Waals surface area contributed by atoms with E-state index in [1.807, 2.05) is 19.1 Å². The first-order valence-corrected chi connectivity index (χ1v) is 13.3. The van der Waals surface area contributed by atoms with Crippen LogP contribution in [0.5, 0.6) is 0 Å². The molecule has 1 atom stereocenters. The van der Waals surface area contributed by atoms with Gasteiger partial charge in [0, 0.05) is 0 Å². The summed E-state index contributed by atoms with van der Waals surface area (Å²) < 4.78 is 83.1. The monoisotopic (exact) mass is 520 g/mol. The van der Waals surface area contributed by atoms with Crippen molar-refractivity contribution in [3.05, 3.63) is 89.2 Å². The van der Waals surface area contributed by atoms with Crippen LogP contribution in [0.4, 0.5) is 17.6 Å². The summed E-state index contributed by atoms with van der Waals surface area (Å²) in [5.74, 6) is -0.875. The van der Waals surface area contributed by atoms with Crippen LogP contribution < -0.4 is 0 Å². The zero-order valence-corrected chi connectivity index (χ0v) is 20.9. The maximum absolute atomic E-state index is 14.0. The third kappa shape index (κ3) is 5.98. The summed E-state index contributed by atoms with van der Waals surface area (Å²) in [6.45, 7) is 3.69. The minimum absolute atomic E-state index is 0.121. The molecule has 36 heavy (non-hydrogen) atoms. The predicted molar refractivity (Wildman–Crippen MR) is 130 cm³/mol. The number of hydrogen-bond donors (Lipinski definition) is 0. The second-order valence-corrected chi connectivity index (χ2v) is 11.1. The standard InChI is InChI=1S/C28H28F4O3S/c1-18-3-14-25(15-4-18)36(33,34)35-19(2)20-5-7-21(8-6-20)22-9-11-23(12-10-22)24-13-16-26(27(29)17-24)28(30,31)32/h3-4,9-17,19-21H,5-8H2,1-2H3. The van der Waals surface area contributed by atoms with Gasteiger partial charge >= 0.3 is 6.18 Å². The third-order valence-corrected chi connectivity index (χ3v) is 8.42. The SMILES string of the molecule is Cc1ccc(S(=O)(=O)OC(C)C2CCC(c3ccc(-c4ccc(C(F)(F)F)c(F)c4)cc3)CC2)cc1. The second kappa shape index (κ2) is 10.3. The van der Waals surface area contributed by atoms with Gasteiger partial charge in [0.2, 0.25) is 0 Å². The molecule has 192 valence electrons. The topological polar surface area (TPSA) is 43.4 Å². The highest BCUT2D eigenvalue weighted by molar-refractivity contribution is 7.86. The van der Waals surface area contributed by atoms with Gasteiger partial charge in [-0.15, -0.1) is 0 Å². The number of rotatable bonds is 6. The lowest BCUT2D eigenvalue weighted by Crippen LogP contribution is -2.27. The fourth-order valence-electron chi connectivity index (χ4n) is 4.83. The van der Waals surface area contributed by atoms with Gasteiger partial charge in [0.25, 0.3) is 10.1 Å². The van der Waals surface area contributed by atoms with Gasteiger partial charge in [0.1, 0.15) is 5.82 Å². The van der Waals surface area contributed by atoms with Crippen molar-refractivity contribution in [2.75, 3.05) is 0 Å². The van der Waals surface area contributed by atoms with Crippen LogP contribution in [0.25, 0.3) is 11.1 Å². The summed E-state index contributed by atoms with van der Waals surface area (Å²) >= 11 is 0. The van der Waals surface area contributed by atoms with Crippen LogP contribution in [0.2, 0.25) is 0 Å². The maximum Gasteiger partial charge on any atom is 0.419 e. The largest absolute Gasteiger partial charge is 0.419 e. The number of hydrogen-bond acceptors (Lipinski definition) is 3. The number of aryl methyl sites for hydroxylation is 1. The van der Waals surface area contributed by atoms with Crippen LogP contribution in [-0.2, 0) is 20.5 Å². The van der Waals surface area contributed by atoms with Crippen molar-refractivity contribution in [2.24, 2.45) is 5.92 Å². The normalized spacial score (nSPS) is 19.7. The molecule has 3 aromatic rings. The fraction of sp³-hybridized carbons (Fsp3) is 0.357. The quantitative estimate of drug-likeness (QED) is 0.245. The first-order chi connectivity index (χ1) is 16.9. The summed E-state index contributed by atoms with van der Waals surface area (Å²) in [4.78, 5) is 0.154. The van der Waals surface area contributed by atoms with Crippen molar-refractivity contribution in [1.82, 2.24) is 0 Å². The Hall–Kier alpha value is -2.71. The van der Waals surface area contributed by atoms with Crippen LogP contribution in [0.1, 0.15) is 55.2 Å². The van der Waals surface area contributed by atoms with Crippen LogP contribution in [0.3, 0.4) is 0 Å². The van der Waals surface area contributed by atoms with E-state index in [-0.39, 0.29) is 10.8 Å². The van der Waals surface area contributed by atoms with Gasteiger partial charge in [-0.1, -0.05) is 48.0 Å².